The first-order valence-corrected chi connectivity index (χ1v) is 6.05. The number of hydrogen-bond donors (Lipinski definition) is 5. The SMILES string of the molecule is CCOCC.OB(O)O.OCCOCCOCCO. The monoisotopic (exact) mass is 286 g/mol. The van der Waals surface area contributed by atoms with E-state index in [1.165, 1.54) is 0 Å². The van der Waals surface area contributed by atoms with E-state index in [1.807, 2.05) is 13.8 Å². The Balaban J connectivity index is -0.000000238. The van der Waals surface area contributed by atoms with E-state index in [0.29, 0.717) is 26.4 Å². The number of rotatable bonds is 9. The van der Waals surface area contributed by atoms with Gasteiger partial charge in [0.25, 0.3) is 0 Å². The Morgan fingerprint density at radius 3 is 1.16 bits per heavy atom. The molecule has 5 N–H and O–H groups in total. The normalized spacial score (nSPS) is 9.00. The first-order valence-electron chi connectivity index (χ1n) is 6.05. The van der Waals surface area contributed by atoms with E-state index in [0.717, 1.165) is 13.2 Å². The maximum absolute atomic E-state index is 8.26. The smallest absolute Gasteiger partial charge is 0.402 e. The number of aliphatic hydroxyl groups excluding tert-OH is 2. The van der Waals surface area contributed by atoms with E-state index < -0.39 is 7.32 Å². The van der Waals surface area contributed by atoms with Gasteiger partial charge in [-0.1, -0.05) is 0 Å². The summed E-state index contributed by atoms with van der Waals surface area (Å²) in [5.41, 5.74) is 0. The molecule has 0 aromatic carbocycles. The second-order valence-corrected chi connectivity index (χ2v) is 2.80. The highest BCUT2D eigenvalue weighted by molar-refractivity contribution is 6.30. The summed E-state index contributed by atoms with van der Waals surface area (Å²) < 4.78 is 14.6. The van der Waals surface area contributed by atoms with Crippen molar-refractivity contribution in [2.24, 2.45) is 0 Å². The van der Waals surface area contributed by atoms with Crippen LogP contribution in [0.5, 0.6) is 0 Å². The Morgan fingerprint density at radius 2 is 1.00 bits per heavy atom. The zero-order chi connectivity index (χ0) is 15.4. The minimum atomic E-state index is -2.17. The van der Waals surface area contributed by atoms with Crippen LogP contribution in [0.1, 0.15) is 13.8 Å². The highest BCUT2D eigenvalue weighted by atomic mass is 16.5. The zero-order valence-electron chi connectivity index (χ0n) is 11.7. The second-order valence-electron chi connectivity index (χ2n) is 2.80. The van der Waals surface area contributed by atoms with Crippen LogP contribution in [0.25, 0.3) is 0 Å². The van der Waals surface area contributed by atoms with Crippen LogP contribution in [-0.4, -0.2) is 85.5 Å². The molecule has 0 rings (SSSR count). The van der Waals surface area contributed by atoms with E-state index in [1.54, 1.807) is 0 Å². The van der Waals surface area contributed by atoms with Crippen LogP contribution in [0.15, 0.2) is 0 Å². The third-order valence-corrected chi connectivity index (χ3v) is 1.25. The fourth-order valence-electron chi connectivity index (χ4n) is 0.655. The van der Waals surface area contributed by atoms with Crippen molar-refractivity contribution in [3.63, 3.8) is 0 Å². The molecule has 9 heteroatoms. The number of aliphatic hydroxyl groups is 2. The first-order chi connectivity index (χ1) is 9.06. The Morgan fingerprint density at radius 1 is 0.684 bits per heavy atom. The minimum absolute atomic E-state index is 0.0417. The highest BCUT2D eigenvalue weighted by Crippen LogP contribution is 1.76. The van der Waals surface area contributed by atoms with Gasteiger partial charge in [-0.3, -0.25) is 0 Å². The Hall–Kier alpha value is -0.255. The molecule has 0 fully saturated rings. The molecule has 0 aliphatic rings. The molecule has 0 aliphatic carbocycles. The summed E-state index contributed by atoms with van der Waals surface area (Å²) in [6.45, 7) is 7.39. The van der Waals surface area contributed by atoms with Gasteiger partial charge in [0, 0.05) is 13.2 Å². The molecule has 0 spiro atoms. The topological polar surface area (TPSA) is 129 Å². The summed E-state index contributed by atoms with van der Waals surface area (Å²) >= 11 is 0. The predicted octanol–water partition coefficient (Wildman–Crippen LogP) is -2.00. The summed E-state index contributed by atoms with van der Waals surface area (Å²) in [4.78, 5) is 0. The maximum atomic E-state index is 8.26. The van der Waals surface area contributed by atoms with Crippen molar-refractivity contribution in [2.75, 3.05) is 52.9 Å². The Bertz CT molecular complexity index is 115. The summed E-state index contributed by atoms with van der Waals surface area (Å²) in [5, 5.41) is 38.0. The van der Waals surface area contributed by atoms with Crippen molar-refractivity contribution >= 4 is 7.32 Å². The fourth-order valence-corrected chi connectivity index (χ4v) is 0.655. The third kappa shape index (κ3) is 57.5. The van der Waals surface area contributed by atoms with Crippen molar-refractivity contribution < 1.29 is 39.5 Å². The lowest BCUT2D eigenvalue weighted by Crippen LogP contribution is -2.09. The molecule has 118 valence electrons. The van der Waals surface area contributed by atoms with Gasteiger partial charge >= 0.3 is 7.32 Å². The van der Waals surface area contributed by atoms with Crippen molar-refractivity contribution in [2.45, 2.75) is 13.8 Å². The minimum Gasteiger partial charge on any atom is -0.402 e. The van der Waals surface area contributed by atoms with Crippen LogP contribution in [-0.2, 0) is 14.2 Å². The summed E-state index contributed by atoms with van der Waals surface area (Å²) in [5.74, 6) is 0. The standard InChI is InChI=1S/C6H14O4.C4H10O.BH3O3/c7-1-3-9-5-6-10-4-2-8;1-3-5-4-2;2-1(3)4/h7-8H,1-6H2;3-4H2,1-2H3;2-4H. The van der Waals surface area contributed by atoms with Crippen LogP contribution < -0.4 is 0 Å². The van der Waals surface area contributed by atoms with Gasteiger partial charge in [-0.05, 0) is 13.8 Å². The quantitative estimate of drug-likeness (QED) is 0.243. The molecular formula is C10H27BO8. The molecule has 0 saturated heterocycles. The van der Waals surface area contributed by atoms with Gasteiger partial charge in [-0.2, -0.15) is 0 Å². The predicted molar refractivity (Wildman–Crippen MR) is 70.4 cm³/mol. The van der Waals surface area contributed by atoms with E-state index in [4.69, 9.17) is 39.5 Å². The summed E-state index contributed by atoms with van der Waals surface area (Å²) in [6.07, 6.45) is 0. The average Bonchev–Trinajstić information content (AvgIpc) is 2.35. The van der Waals surface area contributed by atoms with Crippen LogP contribution in [0, 0.1) is 0 Å². The average molecular weight is 286 g/mol. The van der Waals surface area contributed by atoms with Crippen LogP contribution in [0.2, 0.25) is 0 Å². The van der Waals surface area contributed by atoms with Crippen LogP contribution >= 0.6 is 0 Å². The molecular weight excluding hydrogens is 259 g/mol. The molecule has 0 radical (unpaired) electrons. The lowest BCUT2D eigenvalue weighted by molar-refractivity contribution is 0.0222. The van der Waals surface area contributed by atoms with Crippen molar-refractivity contribution in [1.29, 1.82) is 0 Å². The molecule has 0 aliphatic heterocycles. The van der Waals surface area contributed by atoms with Crippen molar-refractivity contribution in [1.82, 2.24) is 0 Å². The molecule has 0 aromatic rings. The largest absolute Gasteiger partial charge is 0.631 e. The van der Waals surface area contributed by atoms with Crippen LogP contribution in [0.4, 0.5) is 0 Å². The van der Waals surface area contributed by atoms with Crippen molar-refractivity contribution in [3.05, 3.63) is 0 Å². The van der Waals surface area contributed by atoms with Gasteiger partial charge in [0.2, 0.25) is 0 Å². The zero-order valence-corrected chi connectivity index (χ0v) is 11.7. The van der Waals surface area contributed by atoms with E-state index in [-0.39, 0.29) is 13.2 Å². The second kappa shape index (κ2) is 26.3. The molecule has 0 bridgehead atoms. The number of ether oxygens (including phenoxy) is 3. The maximum Gasteiger partial charge on any atom is 0.631 e. The van der Waals surface area contributed by atoms with E-state index in [9.17, 15) is 0 Å². The molecule has 0 aromatic heterocycles. The Labute approximate surface area is 114 Å². The lowest BCUT2D eigenvalue weighted by Gasteiger charge is -2.01. The van der Waals surface area contributed by atoms with E-state index >= 15 is 0 Å². The van der Waals surface area contributed by atoms with E-state index in [2.05, 4.69) is 0 Å². The molecule has 0 atom stereocenters. The Kier molecular flexibility index (Phi) is 33.0. The van der Waals surface area contributed by atoms with Gasteiger partial charge < -0.3 is 39.5 Å². The highest BCUT2D eigenvalue weighted by Gasteiger charge is 1.92. The van der Waals surface area contributed by atoms with Gasteiger partial charge in [0.15, 0.2) is 0 Å². The summed E-state index contributed by atoms with van der Waals surface area (Å²) in [7, 11) is -2.17. The van der Waals surface area contributed by atoms with Crippen molar-refractivity contribution in [3.8, 4) is 0 Å². The molecule has 0 amide bonds. The van der Waals surface area contributed by atoms with Crippen LogP contribution in [0.3, 0.4) is 0 Å². The molecule has 8 nitrogen and oxygen atoms in total. The number of hydrogen-bond acceptors (Lipinski definition) is 8. The van der Waals surface area contributed by atoms with Gasteiger partial charge in [0.1, 0.15) is 0 Å². The lowest BCUT2D eigenvalue weighted by atomic mass is 10.3. The molecule has 0 heterocycles. The molecule has 0 saturated carbocycles. The van der Waals surface area contributed by atoms with Gasteiger partial charge in [0.05, 0.1) is 39.6 Å². The summed E-state index contributed by atoms with van der Waals surface area (Å²) in [6, 6.07) is 0. The molecule has 0 unspecified atom stereocenters. The first kappa shape index (κ1) is 23.8. The van der Waals surface area contributed by atoms with Gasteiger partial charge in [-0.15, -0.1) is 0 Å². The third-order valence-electron chi connectivity index (χ3n) is 1.25. The van der Waals surface area contributed by atoms with Gasteiger partial charge in [-0.25, -0.2) is 0 Å². The molecule has 19 heavy (non-hydrogen) atoms. The fraction of sp³-hybridized carbons (Fsp3) is 1.00.